The zero-order valence-electron chi connectivity index (χ0n) is 24.6. The van der Waals surface area contributed by atoms with Crippen LogP contribution in [0.2, 0.25) is 0 Å². The largest absolute Gasteiger partial charge is 0.756 e. The van der Waals surface area contributed by atoms with Crippen molar-refractivity contribution in [2.75, 3.05) is 34.3 Å². The topological polar surface area (TPSA) is 84.9 Å². The van der Waals surface area contributed by atoms with Gasteiger partial charge in [0.25, 0.3) is 7.82 Å². The summed E-state index contributed by atoms with van der Waals surface area (Å²) >= 11 is 0. The molecule has 0 aromatic carbocycles. The van der Waals surface area contributed by atoms with Crippen LogP contribution in [0.5, 0.6) is 0 Å². The third-order valence-corrected chi connectivity index (χ3v) is 8.21. The Morgan fingerprint density at radius 2 is 1.19 bits per heavy atom. The number of hydrogen-bond donors (Lipinski definition) is 0. The van der Waals surface area contributed by atoms with Crippen molar-refractivity contribution in [3.05, 3.63) is 0 Å². The first-order valence-electron chi connectivity index (χ1n) is 15.2. The minimum atomic E-state index is -4.50. The molecule has 220 valence electrons. The molecular weight excluding hydrogens is 489 g/mol. The molecule has 0 amide bonds. The lowest BCUT2D eigenvalue weighted by molar-refractivity contribution is -0.870. The molecule has 1 aliphatic rings. The summed E-state index contributed by atoms with van der Waals surface area (Å²) in [6.07, 6.45) is 21.4. The first-order chi connectivity index (χ1) is 17.6. The molecule has 1 heterocycles. The third-order valence-electron chi connectivity index (χ3n) is 7.15. The Morgan fingerprint density at radius 3 is 1.62 bits per heavy atom. The van der Waals surface area contributed by atoms with Crippen molar-refractivity contribution in [1.29, 1.82) is 0 Å². The third kappa shape index (κ3) is 22.1. The molecule has 0 bridgehead atoms. The van der Waals surface area contributed by atoms with Crippen LogP contribution in [0.25, 0.3) is 0 Å². The minimum absolute atomic E-state index is 0.0540. The van der Waals surface area contributed by atoms with Crippen LogP contribution >= 0.6 is 7.82 Å². The number of hydrogen-bond acceptors (Lipinski definition) is 6. The van der Waals surface area contributed by atoms with Gasteiger partial charge >= 0.3 is 5.97 Å². The summed E-state index contributed by atoms with van der Waals surface area (Å²) in [5.41, 5.74) is 0. The molecule has 1 fully saturated rings. The number of cyclic esters (lactones) is 1. The SMILES string of the molecule is C[C@H]1CCCCCCCCCCCCCCCCCCC[C@H](OP(=O)([O-])OCC[N+](C)(C)C)CC(=O)O1. The molecule has 37 heavy (non-hydrogen) atoms. The number of quaternary nitrogens is 1. The van der Waals surface area contributed by atoms with Crippen molar-refractivity contribution in [3.63, 3.8) is 0 Å². The summed E-state index contributed by atoms with van der Waals surface area (Å²) in [6.45, 7) is 2.52. The van der Waals surface area contributed by atoms with Crippen molar-refractivity contribution >= 4 is 13.8 Å². The number of phosphoric ester groups is 1. The van der Waals surface area contributed by atoms with Crippen LogP contribution in [-0.2, 0) is 23.1 Å². The van der Waals surface area contributed by atoms with E-state index in [1.54, 1.807) is 0 Å². The first-order valence-corrected chi connectivity index (χ1v) is 16.7. The van der Waals surface area contributed by atoms with Crippen LogP contribution in [0.1, 0.15) is 135 Å². The molecule has 7 nitrogen and oxygen atoms in total. The lowest BCUT2D eigenvalue weighted by Crippen LogP contribution is -2.37. The van der Waals surface area contributed by atoms with E-state index >= 15 is 0 Å². The normalized spacial score (nSPS) is 25.9. The van der Waals surface area contributed by atoms with E-state index in [0.717, 1.165) is 38.5 Å². The van der Waals surface area contributed by atoms with Gasteiger partial charge in [-0.3, -0.25) is 9.36 Å². The molecule has 0 aromatic heterocycles. The first kappa shape index (κ1) is 34.6. The fourth-order valence-electron chi connectivity index (χ4n) is 4.80. The average molecular weight is 548 g/mol. The number of phosphoric acid groups is 1. The monoisotopic (exact) mass is 547 g/mol. The van der Waals surface area contributed by atoms with E-state index in [4.69, 9.17) is 13.8 Å². The molecule has 1 aliphatic heterocycles. The summed E-state index contributed by atoms with van der Waals surface area (Å²) in [5.74, 6) is -0.390. The van der Waals surface area contributed by atoms with Gasteiger partial charge in [0, 0.05) is 0 Å². The Morgan fingerprint density at radius 1 is 0.784 bits per heavy atom. The maximum absolute atomic E-state index is 12.6. The second-order valence-electron chi connectivity index (χ2n) is 12.1. The van der Waals surface area contributed by atoms with Crippen LogP contribution < -0.4 is 4.89 Å². The lowest BCUT2D eigenvalue weighted by Gasteiger charge is -2.30. The molecule has 0 spiro atoms. The molecule has 1 unspecified atom stereocenters. The van der Waals surface area contributed by atoms with Crippen LogP contribution in [0.3, 0.4) is 0 Å². The number of carbonyl (C=O) groups excluding carboxylic acids is 1. The van der Waals surface area contributed by atoms with Gasteiger partial charge in [0.05, 0.1) is 39.8 Å². The second-order valence-corrected chi connectivity index (χ2v) is 13.5. The van der Waals surface area contributed by atoms with Crippen molar-refractivity contribution in [3.8, 4) is 0 Å². The molecule has 0 radical (unpaired) electrons. The summed E-state index contributed by atoms with van der Waals surface area (Å²) in [5, 5.41) is 0. The maximum Gasteiger partial charge on any atom is 0.308 e. The van der Waals surface area contributed by atoms with E-state index in [9.17, 15) is 14.3 Å². The van der Waals surface area contributed by atoms with Crippen molar-refractivity contribution in [2.24, 2.45) is 0 Å². The summed E-state index contributed by atoms with van der Waals surface area (Å²) in [6, 6.07) is 0. The molecule has 1 rings (SSSR count). The second kappa shape index (κ2) is 20.4. The predicted octanol–water partition coefficient (Wildman–Crippen LogP) is 7.31. The van der Waals surface area contributed by atoms with Gasteiger partial charge in [0.15, 0.2) is 0 Å². The Kier molecular flexibility index (Phi) is 19.1. The highest BCUT2D eigenvalue weighted by atomic mass is 31.2. The molecule has 0 aliphatic carbocycles. The fraction of sp³-hybridized carbons (Fsp3) is 0.966. The van der Waals surface area contributed by atoms with Crippen LogP contribution in [0.15, 0.2) is 0 Å². The summed E-state index contributed by atoms with van der Waals surface area (Å²) in [4.78, 5) is 25.1. The fourth-order valence-corrected chi connectivity index (χ4v) is 5.72. The Labute approximate surface area is 228 Å². The van der Waals surface area contributed by atoms with Crippen LogP contribution in [-0.4, -0.2) is 57.0 Å². The zero-order chi connectivity index (χ0) is 27.4. The van der Waals surface area contributed by atoms with Gasteiger partial charge in [-0.1, -0.05) is 103 Å². The van der Waals surface area contributed by atoms with E-state index in [1.807, 2.05) is 28.1 Å². The summed E-state index contributed by atoms with van der Waals surface area (Å²) in [7, 11) is 1.41. The van der Waals surface area contributed by atoms with Gasteiger partial charge in [-0.15, -0.1) is 0 Å². The quantitative estimate of drug-likeness (QED) is 0.197. The van der Waals surface area contributed by atoms with Gasteiger partial charge in [-0.25, -0.2) is 0 Å². The van der Waals surface area contributed by atoms with E-state index in [0.29, 0.717) is 17.4 Å². The van der Waals surface area contributed by atoms with E-state index in [-0.39, 0.29) is 19.1 Å². The Balaban J connectivity index is 2.59. The lowest BCUT2D eigenvalue weighted by atomic mass is 10.0. The number of likely N-dealkylation sites (N-methyl/N-ethyl adjacent to an activating group) is 1. The minimum Gasteiger partial charge on any atom is -0.756 e. The van der Waals surface area contributed by atoms with Gasteiger partial charge < -0.3 is 23.2 Å². The highest BCUT2D eigenvalue weighted by molar-refractivity contribution is 7.45. The number of esters is 1. The highest BCUT2D eigenvalue weighted by Crippen LogP contribution is 2.41. The molecule has 0 N–H and O–H groups in total. The van der Waals surface area contributed by atoms with Crippen molar-refractivity contribution < 1.29 is 32.5 Å². The number of nitrogens with zero attached hydrogens (tertiary/aromatic N) is 1. The van der Waals surface area contributed by atoms with Crippen LogP contribution in [0.4, 0.5) is 0 Å². The predicted molar refractivity (Wildman–Crippen MR) is 149 cm³/mol. The maximum atomic E-state index is 12.6. The van der Waals surface area contributed by atoms with Gasteiger partial charge in [0.1, 0.15) is 13.2 Å². The number of rotatable bonds is 6. The van der Waals surface area contributed by atoms with Crippen LogP contribution in [0, 0.1) is 0 Å². The highest BCUT2D eigenvalue weighted by Gasteiger charge is 2.23. The van der Waals surface area contributed by atoms with Crippen molar-refractivity contribution in [1.82, 2.24) is 0 Å². The molecule has 0 aromatic rings. The Hall–Kier alpha value is -0.460. The van der Waals surface area contributed by atoms with Crippen molar-refractivity contribution in [2.45, 2.75) is 148 Å². The molecular formula is C29H58NO6P. The van der Waals surface area contributed by atoms with Gasteiger partial charge in [-0.05, 0) is 26.2 Å². The molecule has 3 atom stereocenters. The molecule has 0 saturated carbocycles. The Bertz CT molecular complexity index is 624. The summed E-state index contributed by atoms with van der Waals surface area (Å²) < 4.78 is 29.2. The standard InChI is InChI=1S/C29H58NO6P/c1-27-22-20-18-16-14-12-10-8-6-5-7-9-11-13-15-17-19-21-23-28(26-29(31)35-27)36-37(32,33)34-25-24-30(2,3)4/h27-28H,5-26H2,1-4H3/t27-,28-/m0/s1. The van der Waals surface area contributed by atoms with Gasteiger partial charge in [-0.2, -0.15) is 0 Å². The van der Waals surface area contributed by atoms with E-state index in [2.05, 4.69) is 0 Å². The average Bonchev–Trinajstić information content (AvgIpc) is 2.78. The zero-order valence-corrected chi connectivity index (χ0v) is 25.4. The molecule has 1 saturated heterocycles. The number of carbonyl (C=O) groups is 1. The smallest absolute Gasteiger partial charge is 0.308 e. The van der Waals surface area contributed by atoms with E-state index < -0.39 is 19.9 Å². The number of ether oxygens (including phenoxy) is 1. The van der Waals surface area contributed by atoms with E-state index in [1.165, 1.54) is 77.0 Å². The molecule has 8 heteroatoms. The van der Waals surface area contributed by atoms with Gasteiger partial charge in [0.2, 0.25) is 0 Å².